The molecule has 0 atom stereocenters. The molecule has 0 bridgehead atoms. The zero-order valence-corrected chi connectivity index (χ0v) is 10.6. The van der Waals surface area contributed by atoms with Gasteiger partial charge in [-0.2, -0.15) is 0 Å². The summed E-state index contributed by atoms with van der Waals surface area (Å²) in [6.07, 6.45) is 4.01. The molecular weight excluding hydrogens is 222 g/mol. The molecule has 0 saturated carbocycles. The highest BCUT2D eigenvalue weighted by Crippen LogP contribution is 2.15. The van der Waals surface area contributed by atoms with Crippen LogP contribution in [-0.2, 0) is 17.8 Å². The molecule has 4 nitrogen and oxygen atoms in total. The number of aromatic nitrogens is 1. The van der Waals surface area contributed by atoms with Crippen LogP contribution < -0.4 is 0 Å². The molecule has 0 N–H and O–H groups in total. The molecule has 1 aromatic rings. The highest BCUT2D eigenvalue weighted by atomic mass is 32.1. The molecule has 0 amide bonds. The van der Waals surface area contributed by atoms with Gasteiger partial charge in [0.2, 0.25) is 0 Å². The van der Waals surface area contributed by atoms with Crippen molar-refractivity contribution in [2.24, 2.45) is 5.16 Å². The molecule has 16 heavy (non-hydrogen) atoms. The van der Waals surface area contributed by atoms with E-state index in [1.807, 2.05) is 6.20 Å². The molecule has 1 aliphatic rings. The lowest BCUT2D eigenvalue weighted by atomic mass is 10.3. The molecule has 0 aliphatic carbocycles. The summed E-state index contributed by atoms with van der Waals surface area (Å²) in [7, 11) is 2.09. The van der Waals surface area contributed by atoms with Gasteiger partial charge in [0.05, 0.1) is 12.3 Å². The average Bonchev–Trinajstić information content (AvgIpc) is 2.89. The van der Waals surface area contributed by atoms with Crippen LogP contribution in [0.15, 0.2) is 11.4 Å². The SMILES string of the molecule is CCc1cnc(CN(C)CC2=NOCC2)s1. The Morgan fingerprint density at radius 2 is 2.38 bits per heavy atom. The minimum atomic E-state index is 0.737. The lowest BCUT2D eigenvalue weighted by molar-refractivity contribution is 0.173. The van der Waals surface area contributed by atoms with Crippen LogP contribution >= 0.6 is 11.3 Å². The summed E-state index contributed by atoms with van der Waals surface area (Å²) < 4.78 is 0. The summed E-state index contributed by atoms with van der Waals surface area (Å²) >= 11 is 1.80. The Bertz CT molecular complexity index is 375. The Morgan fingerprint density at radius 3 is 3.00 bits per heavy atom. The van der Waals surface area contributed by atoms with Crippen molar-refractivity contribution in [3.63, 3.8) is 0 Å². The number of thiazole rings is 1. The number of rotatable bonds is 5. The van der Waals surface area contributed by atoms with E-state index in [2.05, 4.69) is 29.0 Å². The lowest BCUT2D eigenvalue weighted by Gasteiger charge is -2.13. The van der Waals surface area contributed by atoms with Crippen molar-refractivity contribution >= 4 is 17.0 Å². The molecule has 0 fully saturated rings. The van der Waals surface area contributed by atoms with E-state index in [1.54, 1.807) is 11.3 Å². The fraction of sp³-hybridized carbons (Fsp3) is 0.636. The van der Waals surface area contributed by atoms with Gasteiger partial charge >= 0.3 is 0 Å². The predicted molar refractivity (Wildman–Crippen MR) is 65.8 cm³/mol. The summed E-state index contributed by atoms with van der Waals surface area (Å²) in [4.78, 5) is 13.0. The first kappa shape index (κ1) is 11.5. The molecule has 0 unspecified atom stereocenters. The Kier molecular flexibility index (Phi) is 3.90. The minimum absolute atomic E-state index is 0.737. The third kappa shape index (κ3) is 3.02. The van der Waals surface area contributed by atoms with Gasteiger partial charge in [0.1, 0.15) is 11.6 Å². The normalized spacial score (nSPS) is 15.3. The Morgan fingerprint density at radius 1 is 1.50 bits per heavy atom. The summed E-state index contributed by atoms with van der Waals surface area (Å²) in [5.74, 6) is 0. The Balaban J connectivity index is 1.84. The highest BCUT2D eigenvalue weighted by molar-refractivity contribution is 7.11. The van der Waals surface area contributed by atoms with Crippen molar-refractivity contribution < 1.29 is 4.84 Å². The van der Waals surface area contributed by atoms with Crippen molar-refractivity contribution in [2.45, 2.75) is 26.3 Å². The van der Waals surface area contributed by atoms with E-state index < -0.39 is 0 Å². The van der Waals surface area contributed by atoms with Crippen LogP contribution in [0, 0.1) is 0 Å². The standard InChI is InChI=1S/C11H17N3OS/c1-3-10-6-12-11(16-10)8-14(2)7-9-4-5-15-13-9/h6H,3-5,7-8H2,1-2H3. The average molecular weight is 239 g/mol. The van der Waals surface area contributed by atoms with E-state index in [0.29, 0.717) is 0 Å². The fourth-order valence-corrected chi connectivity index (χ4v) is 2.58. The van der Waals surface area contributed by atoms with Crippen molar-refractivity contribution in [1.29, 1.82) is 0 Å². The number of hydrogen-bond donors (Lipinski definition) is 0. The van der Waals surface area contributed by atoms with Crippen molar-refractivity contribution in [2.75, 3.05) is 20.2 Å². The first-order chi connectivity index (χ1) is 7.78. The van der Waals surface area contributed by atoms with E-state index in [-0.39, 0.29) is 0 Å². The molecule has 0 spiro atoms. The van der Waals surface area contributed by atoms with Gasteiger partial charge in [-0.05, 0) is 13.5 Å². The largest absolute Gasteiger partial charge is 0.395 e. The molecule has 88 valence electrons. The molecule has 0 saturated heterocycles. The van der Waals surface area contributed by atoms with E-state index in [4.69, 9.17) is 4.84 Å². The van der Waals surface area contributed by atoms with Crippen LogP contribution in [0.1, 0.15) is 23.2 Å². The zero-order chi connectivity index (χ0) is 11.4. The van der Waals surface area contributed by atoms with Gasteiger partial charge in [-0.15, -0.1) is 11.3 Å². The predicted octanol–water partition coefficient (Wildman–Crippen LogP) is 1.91. The first-order valence-corrected chi connectivity index (χ1v) is 6.39. The zero-order valence-electron chi connectivity index (χ0n) is 9.77. The van der Waals surface area contributed by atoms with Gasteiger partial charge in [-0.3, -0.25) is 4.90 Å². The monoisotopic (exact) mass is 239 g/mol. The molecule has 2 rings (SSSR count). The third-order valence-corrected chi connectivity index (χ3v) is 3.61. The molecule has 1 aliphatic heterocycles. The minimum Gasteiger partial charge on any atom is -0.395 e. The third-order valence-electron chi connectivity index (χ3n) is 2.48. The van der Waals surface area contributed by atoms with Gasteiger partial charge in [-0.25, -0.2) is 4.98 Å². The van der Waals surface area contributed by atoms with Gasteiger partial charge in [-0.1, -0.05) is 12.1 Å². The topological polar surface area (TPSA) is 37.7 Å². The molecule has 1 aromatic heterocycles. The second-order valence-electron chi connectivity index (χ2n) is 3.99. The van der Waals surface area contributed by atoms with Gasteiger partial charge in [0, 0.05) is 24.0 Å². The van der Waals surface area contributed by atoms with Crippen LogP contribution in [-0.4, -0.2) is 35.8 Å². The number of nitrogens with zero attached hydrogens (tertiary/aromatic N) is 3. The van der Waals surface area contributed by atoms with Crippen LogP contribution in [0.4, 0.5) is 0 Å². The maximum Gasteiger partial charge on any atom is 0.122 e. The molecular formula is C11H17N3OS. The number of aryl methyl sites for hydroxylation is 1. The number of oxime groups is 1. The highest BCUT2D eigenvalue weighted by Gasteiger charge is 2.12. The van der Waals surface area contributed by atoms with Crippen molar-refractivity contribution in [3.8, 4) is 0 Å². The van der Waals surface area contributed by atoms with E-state index in [0.717, 1.165) is 38.2 Å². The van der Waals surface area contributed by atoms with Crippen LogP contribution in [0.3, 0.4) is 0 Å². The van der Waals surface area contributed by atoms with Gasteiger partial charge < -0.3 is 4.84 Å². The fourth-order valence-electron chi connectivity index (χ4n) is 1.64. The quantitative estimate of drug-likeness (QED) is 0.787. The molecule has 0 radical (unpaired) electrons. The Labute approximate surface area is 99.9 Å². The summed E-state index contributed by atoms with van der Waals surface area (Å²) in [5.41, 5.74) is 1.13. The second-order valence-corrected chi connectivity index (χ2v) is 5.19. The van der Waals surface area contributed by atoms with Crippen LogP contribution in [0.25, 0.3) is 0 Å². The van der Waals surface area contributed by atoms with Crippen molar-refractivity contribution in [3.05, 3.63) is 16.1 Å². The second kappa shape index (κ2) is 5.41. The first-order valence-electron chi connectivity index (χ1n) is 5.57. The van der Waals surface area contributed by atoms with E-state index in [9.17, 15) is 0 Å². The van der Waals surface area contributed by atoms with Crippen molar-refractivity contribution in [1.82, 2.24) is 9.88 Å². The van der Waals surface area contributed by atoms with E-state index >= 15 is 0 Å². The molecule has 2 heterocycles. The lowest BCUT2D eigenvalue weighted by Crippen LogP contribution is -2.24. The molecule has 5 heteroatoms. The van der Waals surface area contributed by atoms with E-state index in [1.165, 1.54) is 9.88 Å². The Hall–Kier alpha value is -0.940. The molecule has 0 aromatic carbocycles. The smallest absolute Gasteiger partial charge is 0.122 e. The maximum absolute atomic E-state index is 4.98. The summed E-state index contributed by atoms with van der Waals surface area (Å²) in [6, 6.07) is 0. The summed E-state index contributed by atoms with van der Waals surface area (Å²) in [5, 5.41) is 5.18. The maximum atomic E-state index is 4.98. The number of hydrogen-bond acceptors (Lipinski definition) is 5. The van der Waals surface area contributed by atoms with Crippen LogP contribution in [0.2, 0.25) is 0 Å². The van der Waals surface area contributed by atoms with Gasteiger partial charge in [0.25, 0.3) is 0 Å². The van der Waals surface area contributed by atoms with Gasteiger partial charge in [0.15, 0.2) is 0 Å². The van der Waals surface area contributed by atoms with Crippen LogP contribution in [0.5, 0.6) is 0 Å². The summed E-state index contributed by atoms with van der Waals surface area (Å²) in [6.45, 7) is 4.66.